The molecule has 1 nitrogen and oxygen atoms in total. The van der Waals surface area contributed by atoms with Crippen LogP contribution in [0.5, 0.6) is 0 Å². The number of carbonyl (C=O) groups excluding carboxylic acids is 1. The predicted molar refractivity (Wildman–Crippen MR) is 122 cm³/mol. The number of ketones is 1. The van der Waals surface area contributed by atoms with Crippen molar-refractivity contribution < 1.29 is 4.79 Å². The lowest BCUT2D eigenvalue weighted by Crippen LogP contribution is -2.01. The normalized spacial score (nSPS) is 12.4. The van der Waals surface area contributed by atoms with Gasteiger partial charge in [-0.3, -0.25) is 4.79 Å². The molecule has 0 spiro atoms. The predicted octanol–water partition coefficient (Wildman–Crippen LogP) is 9.42. The van der Waals surface area contributed by atoms with Crippen molar-refractivity contribution >= 4 is 5.78 Å². The first-order chi connectivity index (χ1) is 13.2. The zero-order valence-corrected chi connectivity index (χ0v) is 19.3. The number of carbonyl (C=O) groups is 1. The van der Waals surface area contributed by atoms with E-state index in [1.807, 2.05) is 0 Å². The molecular weight excluding hydrogens is 328 g/mol. The zero-order chi connectivity index (χ0) is 20.0. The van der Waals surface area contributed by atoms with E-state index in [2.05, 4.69) is 20.8 Å². The van der Waals surface area contributed by atoms with Crippen molar-refractivity contribution in [3.63, 3.8) is 0 Å². The van der Waals surface area contributed by atoms with Crippen LogP contribution in [0.1, 0.15) is 156 Å². The van der Waals surface area contributed by atoms with Crippen LogP contribution in [0.2, 0.25) is 0 Å². The van der Waals surface area contributed by atoms with Crippen LogP contribution in [-0.2, 0) is 4.79 Å². The summed E-state index contributed by atoms with van der Waals surface area (Å²) >= 11 is 0. The van der Waals surface area contributed by atoms with E-state index in [0.717, 1.165) is 25.7 Å². The van der Waals surface area contributed by atoms with E-state index < -0.39 is 0 Å². The van der Waals surface area contributed by atoms with Crippen LogP contribution in [0.15, 0.2) is 0 Å². The Kier molecular flexibility index (Phi) is 21.7. The fourth-order valence-corrected chi connectivity index (χ4v) is 3.78. The molecule has 1 heteroatoms. The first-order valence-electron chi connectivity index (χ1n) is 12.7. The van der Waals surface area contributed by atoms with Gasteiger partial charge in [0, 0.05) is 12.8 Å². The third kappa shape index (κ3) is 21.8. The van der Waals surface area contributed by atoms with Gasteiger partial charge < -0.3 is 0 Å². The third-order valence-corrected chi connectivity index (χ3v) is 6.17. The van der Waals surface area contributed by atoms with Crippen LogP contribution in [-0.4, -0.2) is 5.78 Å². The Morgan fingerprint density at radius 3 is 1.30 bits per heavy atom. The molecule has 162 valence electrons. The minimum atomic E-state index is 0.497. The van der Waals surface area contributed by atoms with Crippen molar-refractivity contribution in [2.75, 3.05) is 0 Å². The Morgan fingerprint density at radius 1 is 0.556 bits per heavy atom. The third-order valence-electron chi connectivity index (χ3n) is 6.17. The molecule has 0 radical (unpaired) electrons. The number of rotatable bonds is 22. The summed E-state index contributed by atoms with van der Waals surface area (Å²) in [6.07, 6.45) is 27.7. The highest BCUT2D eigenvalue weighted by molar-refractivity contribution is 5.78. The van der Waals surface area contributed by atoms with Gasteiger partial charge in [0.2, 0.25) is 0 Å². The fourth-order valence-electron chi connectivity index (χ4n) is 3.78. The van der Waals surface area contributed by atoms with Crippen LogP contribution in [0.4, 0.5) is 0 Å². The Balaban J connectivity index is 3.11. The summed E-state index contributed by atoms with van der Waals surface area (Å²) in [7, 11) is 0. The van der Waals surface area contributed by atoms with Gasteiger partial charge in [0.25, 0.3) is 0 Å². The van der Waals surface area contributed by atoms with Gasteiger partial charge in [-0.25, -0.2) is 0 Å². The maximum atomic E-state index is 11.8. The van der Waals surface area contributed by atoms with Crippen molar-refractivity contribution in [3.05, 3.63) is 0 Å². The van der Waals surface area contributed by atoms with Gasteiger partial charge >= 0.3 is 0 Å². The molecule has 0 rings (SSSR count). The van der Waals surface area contributed by atoms with Crippen molar-refractivity contribution in [3.8, 4) is 0 Å². The standard InChI is InChI=1S/C26H52O/c1-4-6-7-8-9-10-11-12-13-14-15-16-17-18-19-20-21-22-26(27)24-23-25(3)5-2/h25H,4-24H2,1-3H3. The molecule has 0 bridgehead atoms. The van der Waals surface area contributed by atoms with Gasteiger partial charge in [-0.15, -0.1) is 0 Å². The largest absolute Gasteiger partial charge is 0.300 e. The number of unbranched alkanes of at least 4 members (excludes halogenated alkanes) is 16. The van der Waals surface area contributed by atoms with E-state index in [1.165, 1.54) is 109 Å². The smallest absolute Gasteiger partial charge is 0.132 e. The second-order valence-corrected chi connectivity index (χ2v) is 9.00. The van der Waals surface area contributed by atoms with Crippen molar-refractivity contribution in [2.24, 2.45) is 5.92 Å². The van der Waals surface area contributed by atoms with E-state index in [4.69, 9.17) is 0 Å². The fraction of sp³-hybridized carbons (Fsp3) is 0.962. The van der Waals surface area contributed by atoms with E-state index >= 15 is 0 Å². The monoisotopic (exact) mass is 380 g/mol. The van der Waals surface area contributed by atoms with Gasteiger partial charge in [0.05, 0.1) is 0 Å². The molecule has 0 N–H and O–H groups in total. The second kappa shape index (κ2) is 22.0. The second-order valence-electron chi connectivity index (χ2n) is 9.00. The first kappa shape index (κ1) is 26.7. The number of hydrogen-bond acceptors (Lipinski definition) is 1. The van der Waals surface area contributed by atoms with Crippen molar-refractivity contribution in [2.45, 2.75) is 156 Å². The molecule has 0 heterocycles. The maximum absolute atomic E-state index is 11.8. The Labute approximate surface area is 172 Å². The molecular formula is C26H52O. The summed E-state index contributed by atoms with van der Waals surface area (Å²) in [5.74, 6) is 1.21. The highest BCUT2D eigenvalue weighted by Gasteiger charge is 2.05. The average Bonchev–Trinajstić information content (AvgIpc) is 2.68. The van der Waals surface area contributed by atoms with E-state index in [-0.39, 0.29) is 0 Å². The SMILES string of the molecule is CCCCCCCCCCCCCCCCCCCC(=O)CCC(C)CC. The summed E-state index contributed by atoms with van der Waals surface area (Å²) in [5.41, 5.74) is 0. The quantitative estimate of drug-likeness (QED) is 0.171. The molecule has 1 unspecified atom stereocenters. The minimum absolute atomic E-state index is 0.497. The summed E-state index contributed by atoms with van der Waals surface area (Å²) in [6.45, 7) is 6.76. The maximum Gasteiger partial charge on any atom is 0.132 e. The van der Waals surface area contributed by atoms with Gasteiger partial charge in [-0.1, -0.05) is 130 Å². The van der Waals surface area contributed by atoms with Crippen LogP contribution in [0.25, 0.3) is 0 Å². The molecule has 0 aromatic rings. The first-order valence-corrected chi connectivity index (χ1v) is 12.7. The molecule has 0 saturated heterocycles. The minimum Gasteiger partial charge on any atom is -0.300 e. The highest BCUT2D eigenvalue weighted by Crippen LogP contribution is 2.15. The van der Waals surface area contributed by atoms with Crippen LogP contribution in [0.3, 0.4) is 0 Å². The van der Waals surface area contributed by atoms with Crippen LogP contribution < -0.4 is 0 Å². The Morgan fingerprint density at radius 2 is 0.926 bits per heavy atom. The number of hydrogen-bond donors (Lipinski definition) is 0. The average molecular weight is 381 g/mol. The Hall–Kier alpha value is -0.330. The molecule has 27 heavy (non-hydrogen) atoms. The molecule has 0 amide bonds. The van der Waals surface area contributed by atoms with Gasteiger partial charge in [-0.05, 0) is 18.8 Å². The van der Waals surface area contributed by atoms with Gasteiger partial charge in [0.1, 0.15) is 5.78 Å². The molecule has 0 aliphatic rings. The van der Waals surface area contributed by atoms with E-state index in [9.17, 15) is 4.79 Å². The zero-order valence-electron chi connectivity index (χ0n) is 19.3. The summed E-state index contributed by atoms with van der Waals surface area (Å²) in [6, 6.07) is 0. The van der Waals surface area contributed by atoms with E-state index in [1.54, 1.807) is 0 Å². The summed E-state index contributed by atoms with van der Waals surface area (Å²) in [4.78, 5) is 11.8. The number of Topliss-reactive ketones (excluding diaryl/α,β-unsaturated/α-hetero) is 1. The lowest BCUT2D eigenvalue weighted by atomic mass is 9.98. The van der Waals surface area contributed by atoms with E-state index in [0.29, 0.717) is 11.7 Å². The van der Waals surface area contributed by atoms with Crippen LogP contribution >= 0.6 is 0 Å². The van der Waals surface area contributed by atoms with Crippen molar-refractivity contribution in [1.82, 2.24) is 0 Å². The van der Waals surface area contributed by atoms with Crippen molar-refractivity contribution in [1.29, 1.82) is 0 Å². The Bertz CT molecular complexity index is 297. The summed E-state index contributed by atoms with van der Waals surface area (Å²) in [5, 5.41) is 0. The summed E-state index contributed by atoms with van der Waals surface area (Å²) < 4.78 is 0. The molecule has 0 saturated carbocycles. The lowest BCUT2D eigenvalue weighted by molar-refractivity contribution is -0.119. The van der Waals surface area contributed by atoms with Gasteiger partial charge in [0.15, 0.2) is 0 Å². The van der Waals surface area contributed by atoms with Crippen LogP contribution in [0, 0.1) is 5.92 Å². The lowest BCUT2D eigenvalue weighted by Gasteiger charge is -2.07. The molecule has 0 fully saturated rings. The highest BCUT2D eigenvalue weighted by atomic mass is 16.1. The molecule has 0 aliphatic carbocycles. The topological polar surface area (TPSA) is 17.1 Å². The van der Waals surface area contributed by atoms with Gasteiger partial charge in [-0.2, -0.15) is 0 Å². The molecule has 1 atom stereocenters. The molecule has 0 aliphatic heterocycles. The molecule has 0 aromatic heterocycles. The molecule has 0 aromatic carbocycles.